The number of ether oxygens (including phenoxy) is 2. The first-order chi connectivity index (χ1) is 17.2. The number of rotatable bonds is 9. The van der Waals surface area contributed by atoms with Crippen LogP contribution in [0.25, 0.3) is 0 Å². The molecule has 0 bridgehead atoms. The number of hydrogen-bond acceptors (Lipinski definition) is 7. The second-order valence-corrected chi connectivity index (χ2v) is 8.34. The molecule has 4 aromatic rings. The molecule has 10 nitrogen and oxygen atoms in total. The highest BCUT2D eigenvalue weighted by atomic mass is 35.5. The van der Waals surface area contributed by atoms with Gasteiger partial charge in [-0.3, -0.25) is 19.6 Å². The highest BCUT2D eigenvalue weighted by Crippen LogP contribution is 2.30. The Bertz CT molecular complexity index is 1430. The summed E-state index contributed by atoms with van der Waals surface area (Å²) in [6.07, 6.45) is 0. The lowest BCUT2D eigenvalue weighted by Crippen LogP contribution is -2.12. The molecule has 2 aromatic carbocycles. The number of methoxy groups -OCH3 is 1. The zero-order valence-corrected chi connectivity index (χ0v) is 20.5. The third kappa shape index (κ3) is 5.49. The molecule has 0 aliphatic heterocycles. The molecule has 0 atom stereocenters. The van der Waals surface area contributed by atoms with Gasteiger partial charge in [0.1, 0.15) is 23.9 Å². The number of nitrogens with zero attached hydrogens (tertiary/aromatic N) is 3. The van der Waals surface area contributed by atoms with Gasteiger partial charge in [0.15, 0.2) is 5.76 Å². The number of furan rings is 1. The first kappa shape index (κ1) is 24.8. The molecular weight excluding hydrogens is 488 g/mol. The van der Waals surface area contributed by atoms with Crippen molar-refractivity contribution in [1.29, 1.82) is 0 Å². The van der Waals surface area contributed by atoms with E-state index in [4.69, 9.17) is 25.5 Å². The van der Waals surface area contributed by atoms with Crippen LogP contribution >= 0.6 is 11.6 Å². The molecule has 0 saturated heterocycles. The fraction of sp³-hybridized carbons (Fsp3) is 0.200. The van der Waals surface area contributed by atoms with Crippen LogP contribution in [-0.2, 0) is 13.2 Å². The van der Waals surface area contributed by atoms with Crippen molar-refractivity contribution < 1.29 is 23.6 Å². The Balaban J connectivity index is 1.42. The van der Waals surface area contributed by atoms with Crippen molar-refractivity contribution in [2.24, 2.45) is 0 Å². The predicted octanol–water partition coefficient (Wildman–Crippen LogP) is 5.54. The predicted molar refractivity (Wildman–Crippen MR) is 133 cm³/mol. The van der Waals surface area contributed by atoms with E-state index < -0.39 is 10.8 Å². The van der Waals surface area contributed by atoms with Crippen molar-refractivity contribution in [3.63, 3.8) is 0 Å². The standard InChI is InChI=1S/C25H23ClN4O6/c1-15-24(16(2)29(28-15)13-17-5-4-6-19(11-17)34-3)27-25(31)22-10-8-20(36-22)14-35-23-12-18(30(32)33)7-9-21(23)26/h4-12H,13-14H2,1-3H3,(H,27,31). The van der Waals surface area contributed by atoms with E-state index in [1.165, 1.54) is 24.3 Å². The van der Waals surface area contributed by atoms with E-state index in [2.05, 4.69) is 10.4 Å². The highest BCUT2D eigenvalue weighted by Gasteiger charge is 2.19. The normalized spacial score (nSPS) is 10.8. The SMILES string of the molecule is COc1cccc(Cn2nc(C)c(NC(=O)c3ccc(COc4cc([N+](=O)[O-])ccc4Cl)o3)c2C)c1. The molecule has 2 aromatic heterocycles. The largest absolute Gasteiger partial charge is 0.497 e. The molecular formula is C25H23ClN4O6. The van der Waals surface area contributed by atoms with Gasteiger partial charge in [-0.05, 0) is 49.7 Å². The zero-order chi connectivity index (χ0) is 25.8. The lowest BCUT2D eigenvalue weighted by Gasteiger charge is -2.08. The first-order valence-electron chi connectivity index (χ1n) is 10.9. The minimum absolute atomic E-state index is 0.0648. The lowest BCUT2D eigenvalue weighted by atomic mass is 10.2. The van der Waals surface area contributed by atoms with Gasteiger partial charge in [-0.25, -0.2) is 0 Å². The maximum Gasteiger partial charge on any atom is 0.291 e. The molecule has 0 radical (unpaired) electrons. The summed E-state index contributed by atoms with van der Waals surface area (Å²) in [5, 5.41) is 18.6. The number of halogens is 1. The number of non-ortho nitro benzene ring substituents is 1. The molecule has 0 aliphatic carbocycles. The fourth-order valence-electron chi connectivity index (χ4n) is 3.59. The van der Waals surface area contributed by atoms with E-state index in [0.29, 0.717) is 23.7 Å². The number of carbonyl (C=O) groups is 1. The second-order valence-electron chi connectivity index (χ2n) is 7.94. The number of anilines is 1. The smallest absolute Gasteiger partial charge is 0.291 e. The third-order valence-corrected chi connectivity index (χ3v) is 5.78. The van der Waals surface area contributed by atoms with Crippen molar-refractivity contribution in [3.8, 4) is 11.5 Å². The number of nitrogens with one attached hydrogen (secondary N) is 1. The summed E-state index contributed by atoms with van der Waals surface area (Å²) in [6, 6.07) is 14.7. The van der Waals surface area contributed by atoms with Gasteiger partial charge >= 0.3 is 0 Å². The summed E-state index contributed by atoms with van der Waals surface area (Å²) in [6.45, 7) is 4.14. The summed E-state index contributed by atoms with van der Waals surface area (Å²) in [4.78, 5) is 23.3. The van der Waals surface area contributed by atoms with E-state index in [0.717, 1.165) is 17.0 Å². The Morgan fingerprint density at radius 1 is 1.19 bits per heavy atom. The monoisotopic (exact) mass is 510 g/mol. The van der Waals surface area contributed by atoms with Gasteiger partial charge in [0.25, 0.3) is 11.6 Å². The molecule has 1 N–H and O–H groups in total. The average Bonchev–Trinajstić information content (AvgIpc) is 3.44. The third-order valence-electron chi connectivity index (χ3n) is 5.47. The van der Waals surface area contributed by atoms with Crippen LogP contribution in [0.4, 0.5) is 11.4 Å². The van der Waals surface area contributed by atoms with Crippen molar-refractivity contribution in [3.05, 3.63) is 98.2 Å². The lowest BCUT2D eigenvalue weighted by molar-refractivity contribution is -0.384. The van der Waals surface area contributed by atoms with Crippen LogP contribution in [0.15, 0.2) is 59.0 Å². The quantitative estimate of drug-likeness (QED) is 0.231. The molecule has 186 valence electrons. The van der Waals surface area contributed by atoms with Crippen molar-refractivity contribution >= 4 is 28.9 Å². The second kappa shape index (κ2) is 10.5. The van der Waals surface area contributed by atoms with Gasteiger partial charge in [0.2, 0.25) is 0 Å². The maximum atomic E-state index is 12.8. The number of aryl methyl sites for hydroxylation is 1. The van der Waals surface area contributed by atoms with E-state index in [9.17, 15) is 14.9 Å². The topological polar surface area (TPSA) is 122 Å². The van der Waals surface area contributed by atoms with Crippen molar-refractivity contribution in [2.75, 3.05) is 12.4 Å². The van der Waals surface area contributed by atoms with E-state index >= 15 is 0 Å². The molecule has 2 heterocycles. The van der Waals surface area contributed by atoms with Crippen LogP contribution in [-0.4, -0.2) is 27.7 Å². The van der Waals surface area contributed by atoms with Gasteiger partial charge in [0, 0.05) is 6.07 Å². The number of aromatic nitrogens is 2. The molecule has 0 fully saturated rings. The minimum Gasteiger partial charge on any atom is -0.497 e. The summed E-state index contributed by atoms with van der Waals surface area (Å²) >= 11 is 6.05. The fourth-order valence-corrected chi connectivity index (χ4v) is 3.77. The van der Waals surface area contributed by atoms with Crippen molar-refractivity contribution in [2.45, 2.75) is 27.0 Å². The first-order valence-corrected chi connectivity index (χ1v) is 11.3. The average molecular weight is 511 g/mol. The summed E-state index contributed by atoms with van der Waals surface area (Å²) in [7, 11) is 1.62. The van der Waals surface area contributed by atoms with Crippen LogP contribution in [0.2, 0.25) is 5.02 Å². The zero-order valence-electron chi connectivity index (χ0n) is 19.8. The summed E-state index contributed by atoms with van der Waals surface area (Å²) in [5.41, 5.74) is 2.92. The van der Waals surface area contributed by atoms with Crippen LogP contribution in [0.1, 0.15) is 33.3 Å². The van der Waals surface area contributed by atoms with Gasteiger partial charge in [0.05, 0.1) is 46.7 Å². The molecule has 0 spiro atoms. The number of benzene rings is 2. The molecule has 0 saturated carbocycles. The number of carbonyl (C=O) groups excluding carboxylic acids is 1. The van der Waals surface area contributed by atoms with Crippen LogP contribution in [0, 0.1) is 24.0 Å². The van der Waals surface area contributed by atoms with Crippen LogP contribution in [0.5, 0.6) is 11.5 Å². The highest BCUT2D eigenvalue weighted by molar-refractivity contribution is 6.32. The van der Waals surface area contributed by atoms with E-state index in [1.807, 2.05) is 42.8 Å². The molecule has 36 heavy (non-hydrogen) atoms. The van der Waals surface area contributed by atoms with Gasteiger partial charge in [-0.15, -0.1) is 0 Å². The van der Waals surface area contributed by atoms with Gasteiger partial charge < -0.3 is 19.2 Å². The molecule has 1 amide bonds. The number of amides is 1. The number of nitro groups is 1. The van der Waals surface area contributed by atoms with Crippen LogP contribution in [0.3, 0.4) is 0 Å². The molecule has 0 unspecified atom stereocenters. The number of hydrogen-bond donors (Lipinski definition) is 1. The Morgan fingerprint density at radius 3 is 2.75 bits per heavy atom. The van der Waals surface area contributed by atoms with E-state index in [-0.39, 0.29) is 28.8 Å². The summed E-state index contributed by atoms with van der Waals surface area (Å²) < 4.78 is 18.3. The molecule has 11 heteroatoms. The van der Waals surface area contributed by atoms with Gasteiger partial charge in [-0.1, -0.05) is 23.7 Å². The number of nitro benzene ring substituents is 1. The van der Waals surface area contributed by atoms with E-state index in [1.54, 1.807) is 13.2 Å². The van der Waals surface area contributed by atoms with Crippen molar-refractivity contribution in [1.82, 2.24) is 9.78 Å². The Kier molecular flexibility index (Phi) is 7.25. The van der Waals surface area contributed by atoms with Crippen LogP contribution < -0.4 is 14.8 Å². The Labute approximate surface area is 211 Å². The minimum atomic E-state index is -0.540. The van der Waals surface area contributed by atoms with Gasteiger partial charge in [-0.2, -0.15) is 5.10 Å². The summed E-state index contributed by atoms with van der Waals surface area (Å²) in [5.74, 6) is 0.889. The molecule has 4 rings (SSSR count). The Morgan fingerprint density at radius 2 is 2.00 bits per heavy atom. The molecule has 0 aliphatic rings. The maximum absolute atomic E-state index is 12.8. The Hall–Kier alpha value is -4.31.